The lowest BCUT2D eigenvalue weighted by atomic mass is 9.84. The summed E-state index contributed by atoms with van der Waals surface area (Å²) >= 11 is 5.94. The van der Waals surface area contributed by atoms with E-state index < -0.39 is 0 Å². The number of rotatable bonds is 5. The van der Waals surface area contributed by atoms with E-state index in [4.69, 9.17) is 11.6 Å². The molecule has 1 aliphatic carbocycles. The fourth-order valence-electron chi connectivity index (χ4n) is 2.95. The van der Waals surface area contributed by atoms with Crippen LogP contribution in [0.4, 0.5) is 5.69 Å². The maximum Gasteiger partial charge on any atom is 0.273 e. The molecular weight excluding hydrogens is 276 g/mol. The maximum absolute atomic E-state index is 11.0. The summed E-state index contributed by atoms with van der Waals surface area (Å²) in [5.41, 5.74) is 0.794. The number of nitro groups is 1. The Hall–Kier alpha value is -1.13. The van der Waals surface area contributed by atoms with Crippen molar-refractivity contribution >= 4 is 17.3 Å². The molecule has 2 rings (SSSR count). The summed E-state index contributed by atoms with van der Waals surface area (Å²) in [5, 5.41) is 15.0. The van der Waals surface area contributed by atoms with Gasteiger partial charge in [-0.15, -0.1) is 0 Å². The monoisotopic (exact) mass is 296 g/mol. The van der Waals surface area contributed by atoms with Gasteiger partial charge in [0, 0.05) is 29.2 Å². The molecule has 5 heteroatoms. The summed E-state index contributed by atoms with van der Waals surface area (Å²) in [5.74, 6) is 0.682. The number of nitrogens with one attached hydrogen (secondary N) is 1. The first-order valence-corrected chi connectivity index (χ1v) is 7.62. The Bertz CT molecular complexity index is 473. The van der Waals surface area contributed by atoms with Gasteiger partial charge in [-0.2, -0.15) is 0 Å². The summed E-state index contributed by atoms with van der Waals surface area (Å²) in [6, 6.07) is 5.10. The van der Waals surface area contributed by atoms with Crippen LogP contribution in [0.2, 0.25) is 5.02 Å². The predicted octanol–water partition coefficient (Wildman–Crippen LogP) is 4.31. The van der Waals surface area contributed by atoms with Crippen LogP contribution in [0.5, 0.6) is 0 Å². The molecule has 1 aliphatic rings. The summed E-state index contributed by atoms with van der Waals surface area (Å²) < 4.78 is 0. The zero-order valence-electron chi connectivity index (χ0n) is 11.8. The fourth-order valence-corrected chi connectivity index (χ4v) is 3.14. The smallest absolute Gasteiger partial charge is 0.273 e. The van der Waals surface area contributed by atoms with Crippen molar-refractivity contribution in [2.75, 3.05) is 0 Å². The molecule has 0 saturated heterocycles. The van der Waals surface area contributed by atoms with Crippen molar-refractivity contribution in [3.05, 3.63) is 38.9 Å². The first kappa shape index (κ1) is 15.3. The zero-order chi connectivity index (χ0) is 14.5. The van der Waals surface area contributed by atoms with Crippen LogP contribution in [-0.4, -0.2) is 11.0 Å². The van der Waals surface area contributed by atoms with Gasteiger partial charge in [-0.05, 0) is 37.8 Å². The third-order valence-corrected chi connectivity index (χ3v) is 4.44. The second-order valence-electron chi connectivity index (χ2n) is 5.60. The molecule has 1 aromatic carbocycles. The Morgan fingerprint density at radius 1 is 1.40 bits per heavy atom. The standard InChI is InChI=1S/C15H21ClN2O2/c1-11(12-5-3-2-4-6-12)17-10-13-9-14(16)7-8-15(13)18(19)20/h7-9,11-12,17H,2-6,10H2,1H3/t11-/m1/s1. The number of nitro benzene ring substituents is 1. The Morgan fingerprint density at radius 2 is 2.10 bits per heavy atom. The van der Waals surface area contributed by atoms with Crippen LogP contribution in [0.1, 0.15) is 44.6 Å². The molecule has 1 N–H and O–H groups in total. The zero-order valence-corrected chi connectivity index (χ0v) is 12.5. The molecule has 4 nitrogen and oxygen atoms in total. The quantitative estimate of drug-likeness (QED) is 0.651. The van der Waals surface area contributed by atoms with Crippen molar-refractivity contribution in [3.63, 3.8) is 0 Å². The Balaban J connectivity index is 1.99. The van der Waals surface area contributed by atoms with E-state index in [1.807, 2.05) is 0 Å². The van der Waals surface area contributed by atoms with Crippen molar-refractivity contribution in [2.45, 2.75) is 51.6 Å². The average Bonchev–Trinajstić information content (AvgIpc) is 2.45. The van der Waals surface area contributed by atoms with Gasteiger partial charge in [-0.3, -0.25) is 10.1 Å². The number of benzene rings is 1. The minimum absolute atomic E-state index is 0.137. The Morgan fingerprint density at radius 3 is 2.75 bits per heavy atom. The van der Waals surface area contributed by atoms with Gasteiger partial charge >= 0.3 is 0 Å². The highest BCUT2D eigenvalue weighted by molar-refractivity contribution is 6.30. The van der Waals surface area contributed by atoms with Crippen molar-refractivity contribution in [1.82, 2.24) is 5.32 Å². The molecule has 0 aromatic heterocycles. The number of hydrogen-bond donors (Lipinski definition) is 1. The molecule has 0 unspecified atom stereocenters. The van der Waals surface area contributed by atoms with Crippen LogP contribution in [0.15, 0.2) is 18.2 Å². The Labute approximate surface area is 124 Å². The molecular formula is C15H21ClN2O2. The fraction of sp³-hybridized carbons (Fsp3) is 0.600. The highest BCUT2D eigenvalue weighted by Crippen LogP contribution is 2.27. The van der Waals surface area contributed by atoms with Crippen molar-refractivity contribution < 1.29 is 4.92 Å². The van der Waals surface area contributed by atoms with Gasteiger partial charge in [0.2, 0.25) is 0 Å². The third kappa shape index (κ3) is 3.93. The summed E-state index contributed by atoms with van der Waals surface area (Å²) in [4.78, 5) is 10.7. The van der Waals surface area contributed by atoms with Crippen molar-refractivity contribution in [2.24, 2.45) is 5.92 Å². The number of hydrogen-bond acceptors (Lipinski definition) is 3. The molecule has 0 heterocycles. The van der Waals surface area contributed by atoms with E-state index in [0.29, 0.717) is 29.1 Å². The van der Waals surface area contributed by atoms with E-state index in [1.54, 1.807) is 12.1 Å². The Kier molecular flexibility index (Phi) is 5.38. The minimum Gasteiger partial charge on any atom is -0.310 e. The van der Waals surface area contributed by atoms with Crippen molar-refractivity contribution in [3.8, 4) is 0 Å². The van der Waals surface area contributed by atoms with Gasteiger partial charge in [-0.1, -0.05) is 30.9 Å². The van der Waals surface area contributed by atoms with Gasteiger partial charge in [0.05, 0.1) is 4.92 Å². The SMILES string of the molecule is C[C@@H](NCc1cc(Cl)ccc1[N+](=O)[O-])C1CCCCC1. The van der Waals surface area contributed by atoms with E-state index in [-0.39, 0.29) is 10.6 Å². The van der Waals surface area contributed by atoms with E-state index in [0.717, 1.165) is 0 Å². The molecule has 110 valence electrons. The molecule has 0 bridgehead atoms. The van der Waals surface area contributed by atoms with Gasteiger partial charge < -0.3 is 5.32 Å². The molecule has 0 radical (unpaired) electrons. The van der Waals surface area contributed by atoms with E-state index >= 15 is 0 Å². The van der Waals surface area contributed by atoms with Crippen LogP contribution in [0.3, 0.4) is 0 Å². The second-order valence-corrected chi connectivity index (χ2v) is 6.03. The van der Waals surface area contributed by atoms with E-state index in [9.17, 15) is 10.1 Å². The molecule has 20 heavy (non-hydrogen) atoms. The van der Waals surface area contributed by atoms with Crippen molar-refractivity contribution in [1.29, 1.82) is 0 Å². The summed E-state index contributed by atoms with van der Waals surface area (Å²) in [6.45, 7) is 2.67. The van der Waals surface area contributed by atoms with E-state index in [1.165, 1.54) is 38.2 Å². The molecule has 0 aliphatic heterocycles. The molecule has 1 atom stereocenters. The largest absolute Gasteiger partial charge is 0.310 e. The van der Waals surface area contributed by atoms with Gasteiger partial charge in [0.1, 0.15) is 0 Å². The molecule has 0 amide bonds. The lowest BCUT2D eigenvalue weighted by molar-refractivity contribution is -0.385. The lowest BCUT2D eigenvalue weighted by Gasteiger charge is -2.28. The summed E-state index contributed by atoms with van der Waals surface area (Å²) in [7, 11) is 0. The topological polar surface area (TPSA) is 55.2 Å². The first-order valence-electron chi connectivity index (χ1n) is 7.24. The molecule has 1 saturated carbocycles. The molecule has 1 fully saturated rings. The number of nitrogens with zero attached hydrogens (tertiary/aromatic N) is 1. The highest BCUT2D eigenvalue weighted by atomic mass is 35.5. The number of halogens is 1. The van der Waals surface area contributed by atoms with E-state index in [2.05, 4.69) is 12.2 Å². The van der Waals surface area contributed by atoms with Crippen LogP contribution in [-0.2, 0) is 6.54 Å². The van der Waals surface area contributed by atoms with Gasteiger partial charge in [0.25, 0.3) is 5.69 Å². The maximum atomic E-state index is 11.0. The van der Waals surface area contributed by atoms with Gasteiger partial charge in [-0.25, -0.2) is 0 Å². The average molecular weight is 297 g/mol. The minimum atomic E-state index is -0.349. The molecule has 0 spiro atoms. The van der Waals surface area contributed by atoms with Crippen LogP contribution in [0.25, 0.3) is 0 Å². The summed E-state index contributed by atoms with van der Waals surface area (Å²) in [6.07, 6.45) is 6.45. The van der Waals surface area contributed by atoms with Gasteiger partial charge in [0.15, 0.2) is 0 Å². The molecule has 1 aromatic rings. The first-order chi connectivity index (χ1) is 9.58. The van der Waals surface area contributed by atoms with Crippen LogP contribution >= 0.6 is 11.6 Å². The third-order valence-electron chi connectivity index (χ3n) is 4.21. The highest BCUT2D eigenvalue weighted by Gasteiger charge is 2.21. The predicted molar refractivity (Wildman–Crippen MR) is 81.0 cm³/mol. The van der Waals surface area contributed by atoms with Crippen LogP contribution in [0, 0.1) is 16.0 Å². The second kappa shape index (κ2) is 7.04. The van der Waals surface area contributed by atoms with Crippen LogP contribution < -0.4 is 5.32 Å². The normalized spacial score (nSPS) is 17.9. The lowest BCUT2D eigenvalue weighted by Crippen LogP contribution is -2.34.